The van der Waals surface area contributed by atoms with Gasteiger partial charge < -0.3 is 19.1 Å². The fourth-order valence-corrected chi connectivity index (χ4v) is 4.22. The van der Waals surface area contributed by atoms with Gasteiger partial charge in [-0.15, -0.1) is 0 Å². The maximum Gasteiger partial charge on any atom is 0.410 e. The summed E-state index contributed by atoms with van der Waals surface area (Å²) < 4.78 is 17.1. The molecule has 3 fully saturated rings. The zero-order valence-electron chi connectivity index (χ0n) is 14.8. The molecular weight excluding hydrogens is 294 g/mol. The number of likely N-dealkylation sites (tertiary alicyclic amines) is 1. The van der Waals surface area contributed by atoms with Crippen molar-refractivity contribution in [2.24, 2.45) is 11.8 Å². The molecule has 0 aromatic heterocycles. The second-order valence-corrected chi connectivity index (χ2v) is 8.25. The molecular formula is C18H31NO4. The van der Waals surface area contributed by atoms with Crippen molar-refractivity contribution in [2.45, 2.75) is 70.7 Å². The summed E-state index contributed by atoms with van der Waals surface area (Å²) in [4.78, 5) is 14.0. The van der Waals surface area contributed by atoms with E-state index in [1.165, 1.54) is 12.8 Å². The van der Waals surface area contributed by atoms with Crippen LogP contribution in [-0.2, 0) is 14.2 Å². The number of ether oxygens (including phenoxy) is 3. The van der Waals surface area contributed by atoms with Gasteiger partial charge in [-0.2, -0.15) is 0 Å². The summed E-state index contributed by atoms with van der Waals surface area (Å²) in [7, 11) is 0. The fourth-order valence-electron chi connectivity index (χ4n) is 4.22. The van der Waals surface area contributed by atoms with Crippen LogP contribution in [0.5, 0.6) is 0 Å². The lowest BCUT2D eigenvalue weighted by atomic mass is 9.74. The van der Waals surface area contributed by atoms with Crippen LogP contribution < -0.4 is 0 Å². The quantitative estimate of drug-likeness (QED) is 0.739. The predicted octanol–water partition coefficient (Wildman–Crippen LogP) is 3.57. The van der Waals surface area contributed by atoms with Gasteiger partial charge in [0.25, 0.3) is 0 Å². The lowest BCUT2D eigenvalue weighted by Crippen LogP contribution is -2.44. The van der Waals surface area contributed by atoms with Crippen LogP contribution in [0.4, 0.5) is 4.79 Å². The number of hydrogen-bond donors (Lipinski definition) is 0. The minimum atomic E-state index is -0.410. The first kappa shape index (κ1) is 17.0. The largest absolute Gasteiger partial charge is 0.444 e. The van der Waals surface area contributed by atoms with Crippen molar-refractivity contribution in [1.82, 2.24) is 4.90 Å². The van der Waals surface area contributed by atoms with E-state index in [1.807, 2.05) is 25.7 Å². The summed E-state index contributed by atoms with van der Waals surface area (Å²) in [6.07, 6.45) is 6.48. The van der Waals surface area contributed by atoms with Gasteiger partial charge in [-0.05, 0) is 58.3 Å². The third kappa shape index (κ3) is 4.18. The average Bonchev–Trinajstić information content (AvgIpc) is 2.95. The van der Waals surface area contributed by atoms with Crippen molar-refractivity contribution in [3.8, 4) is 0 Å². The minimum Gasteiger partial charge on any atom is -0.444 e. The summed E-state index contributed by atoms with van der Waals surface area (Å²) in [6.45, 7) is 8.91. The van der Waals surface area contributed by atoms with Gasteiger partial charge in [-0.25, -0.2) is 4.79 Å². The Morgan fingerprint density at radius 1 is 1.00 bits per heavy atom. The van der Waals surface area contributed by atoms with E-state index in [0.717, 1.165) is 63.8 Å². The number of carbonyl (C=O) groups is 1. The van der Waals surface area contributed by atoms with Crippen molar-refractivity contribution in [3.05, 3.63) is 0 Å². The van der Waals surface area contributed by atoms with Crippen molar-refractivity contribution >= 4 is 6.09 Å². The second kappa shape index (κ2) is 6.60. The maximum atomic E-state index is 12.1. The van der Waals surface area contributed by atoms with Gasteiger partial charge in [0.1, 0.15) is 5.60 Å². The predicted molar refractivity (Wildman–Crippen MR) is 87.1 cm³/mol. The number of nitrogens with zero attached hydrogens (tertiary/aromatic N) is 1. The number of amides is 1. The molecule has 1 spiro atoms. The molecule has 0 aromatic rings. The van der Waals surface area contributed by atoms with Crippen LogP contribution in [0.2, 0.25) is 0 Å². The number of piperidine rings is 1. The van der Waals surface area contributed by atoms with Crippen molar-refractivity contribution < 1.29 is 19.0 Å². The highest BCUT2D eigenvalue weighted by Crippen LogP contribution is 2.43. The van der Waals surface area contributed by atoms with E-state index in [-0.39, 0.29) is 11.9 Å². The number of hydrogen-bond acceptors (Lipinski definition) is 4. The highest BCUT2D eigenvalue weighted by molar-refractivity contribution is 5.68. The molecule has 23 heavy (non-hydrogen) atoms. The first-order chi connectivity index (χ1) is 10.9. The van der Waals surface area contributed by atoms with E-state index in [2.05, 4.69) is 0 Å². The molecule has 2 aliphatic heterocycles. The number of rotatable bonds is 1. The van der Waals surface area contributed by atoms with Gasteiger partial charge in [0.15, 0.2) is 5.79 Å². The van der Waals surface area contributed by atoms with Gasteiger partial charge in [-0.1, -0.05) is 0 Å². The summed E-state index contributed by atoms with van der Waals surface area (Å²) in [5, 5.41) is 0. The Hall–Kier alpha value is -0.810. The monoisotopic (exact) mass is 325 g/mol. The average molecular weight is 325 g/mol. The zero-order chi connectivity index (χ0) is 16.5. The smallest absolute Gasteiger partial charge is 0.410 e. The van der Waals surface area contributed by atoms with Gasteiger partial charge in [0.2, 0.25) is 0 Å². The summed E-state index contributed by atoms with van der Waals surface area (Å²) in [5.74, 6) is 1.23. The zero-order valence-corrected chi connectivity index (χ0v) is 14.8. The van der Waals surface area contributed by atoms with Crippen LogP contribution in [0, 0.1) is 11.8 Å². The Morgan fingerprint density at radius 3 is 2.04 bits per heavy atom. The maximum absolute atomic E-state index is 12.1. The SMILES string of the molecule is CC(C)(C)OC(=O)N1CCC(C2CCC3(CC2)OCCO3)CC1. The molecule has 0 unspecified atom stereocenters. The van der Waals surface area contributed by atoms with Gasteiger partial charge >= 0.3 is 6.09 Å². The van der Waals surface area contributed by atoms with Crippen molar-refractivity contribution in [2.75, 3.05) is 26.3 Å². The van der Waals surface area contributed by atoms with E-state index < -0.39 is 5.60 Å². The van der Waals surface area contributed by atoms with Crippen molar-refractivity contribution in [1.29, 1.82) is 0 Å². The molecule has 2 saturated heterocycles. The normalized spacial score (nSPS) is 26.7. The Bertz CT molecular complexity index is 407. The molecule has 0 radical (unpaired) electrons. The van der Waals surface area contributed by atoms with E-state index in [9.17, 15) is 4.79 Å². The van der Waals surface area contributed by atoms with E-state index in [0.29, 0.717) is 0 Å². The van der Waals surface area contributed by atoms with E-state index >= 15 is 0 Å². The molecule has 3 rings (SSSR count). The summed E-state index contributed by atoms with van der Waals surface area (Å²) in [6, 6.07) is 0. The Balaban J connectivity index is 1.44. The Morgan fingerprint density at radius 2 is 1.52 bits per heavy atom. The van der Waals surface area contributed by atoms with Crippen molar-refractivity contribution in [3.63, 3.8) is 0 Å². The first-order valence-corrected chi connectivity index (χ1v) is 9.13. The van der Waals surface area contributed by atoms with E-state index in [1.54, 1.807) is 0 Å². The van der Waals surface area contributed by atoms with Crippen LogP contribution in [0.1, 0.15) is 59.3 Å². The topological polar surface area (TPSA) is 48.0 Å². The van der Waals surface area contributed by atoms with Gasteiger partial charge in [0.05, 0.1) is 13.2 Å². The molecule has 1 saturated carbocycles. The van der Waals surface area contributed by atoms with Crippen LogP contribution in [-0.4, -0.2) is 48.7 Å². The van der Waals surface area contributed by atoms with E-state index in [4.69, 9.17) is 14.2 Å². The summed E-state index contributed by atoms with van der Waals surface area (Å²) >= 11 is 0. The molecule has 3 aliphatic rings. The highest BCUT2D eigenvalue weighted by atomic mass is 16.7. The van der Waals surface area contributed by atoms with Crippen LogP contribution >= 0.6 is 0 Å². The third-order valence-corrected chi connectivity index (χ3v) is 5.46. The fraction of sp³-hybridized carbons (Fsp3) is 0.944. The Kier molecular flexibility index (Phi) is 4.88. The Labute approximate surface area is 139 Å². The number of carbonyl (C=O) groups excluding carboxylic acids is 1. The molecule has 0 bridgehead atoms. The highest BCUT2D eigenvalue weighted by Gasteiger charge is 2.42. The molecule has 1 amide bonds. The summed E-state index contributed by atoms with van der Waals surface area (Å²) in [5.41, 5.74) is -0.410. The standard InChI is InChI=1S/C18H31NO4/c1-17(2,3)23-16(20)19-10-6-15(7-11-19)14-4-8-18(9-5-14)21-12-13-22-18/h14-15H,4-13H2,1-3H3. The first-order valence-electron chi connectivity index (χ1n) is 9.13. The lowest BCUT2D eigenvalue weighted by molar-refractivity contribution is -0.185. The molecule has 5 nitrogen and oxygen atoms in total. The molecule has 5 heteroatoms. The van der Waals surface area contributed by atoms with Gasteiger partial charge in [-0.3, -0.25) is 0 Å². The minimum absolute atomic E-state index is 0.161. The second-order valence-electron chi connectivity index (χ2n) is 8.25. The molecule has 132 valence electrons. The van der Waals surface area contributed by atoms with Crippen LogP contribution in [0.15, 0.2) is 0 Å². The molecule has 2 heterocycles. The molecule has 0 N–H and O–H groups in total. The van der Waals surface area contributed by atoms with Crippen LogP contribution in [0.25, 0.3) is 0 Å². The third-order valence-electron chi connectivity index (χ3n) is 5.46. The molecule has 0 atom stereocenters. The van der Waals surface area contributed by atoms with Gasteiger partial charge in [0, 0.05) is 25.9 Å². The lowest BCUT2D eigenvalue weighted by Gasteiger charge is -2.41. The molecule has 0 aromatic carbocycles. The van der Waals surface area contributed by atoms with Crippen LogP contribution in [0.3, 0.4) is 0 Å². The molecule has 1 aliphatic carbocycles.